The van der Waals surface area contributed by atoms with Crippen LogP contribution in [0, 0.1) is 13.8 Å². The third kappa shape index (κ3) is 5.44. The number of benzene rings is 2. The summed E-state index contributed by atoms with van der Waals surface area (Å²) in [6.45, 7) is 3.79. The molecule has 0 aliphatic heterocycles. The van der Waals surface area contributed by atoms with Crippen molar-refractivity contribution in [1.82, 2.24) is 10.5 Å². The molecule has 0 radical (unpaired) electrons. The highest BCUT2D eigenvalue weighted by molar-refractivity contribution is 5.98. The summed E-state index contributed by atoms with van der Waals surface area (Å²) in [5.41, 5.74) is 2.79. The van der Waals surface area contributed by atoms with Crippen LogP contribution in [0.4, 0.5) is 0 Å². The Morgan fingerprint density at radius 2 is 1.72 bits per heavy atom. The van der Waals surface area contributed by atoms with E-state index in [0.717, 1.165) is 16.8 Å². The van der Waals surface area contributed by atoms with Crippen LogP contribution in [0.3, 0.4) is 0 Å². The Morgan fingerprint density at radius 3 is 2.45 bits per heavy atom. The fourth-order valence-corrected chi connectivity index (χ4v) is 2.67. The van der Waals surface area contributed by atoms with Crippen LogP contribution in [-0.2, 0) is 22.7 Å². The lowest BCUT2D eigenvalue weighted by atomic mass is 10.2. The SMILES string of the molecule is Cc1noc(C)c1COc1ccccc1C(=O)NCC(=O)OCc1ccccc1. The van der Waals surface area contributed by atoms with Crippen LogP contribution in [0.5, 0.6) is 5.75 Å². The maximum atomic E-state index is 12.5. The van der Waals surface area contributed by atoms with Gasteiger partial charge in [0, 0.05) is 0 Å². The fraction of sp³-hybridized carbons (Fsp3) is 0.227. The van der Waals surface area contributed by atoms with E-state index in [4.69, 9.17) is 14.0 Å². The molecule has 3 rings (SSSR count). The summed E-state index contributed by atoms with van der Waals surface area (Å²) >= 11 is 0. The number of esters is 1. The van der Waals surface area contributed by atoms with Crippen molar-refractivity contribution in [2.45, 2.75) is 27.1 Å². The van der Waals surface area contributed by atoms with Gasteiger partial charge in [0.2, 0.25) is 0 Å². The highest BCUT2D eigenvalue weighted by Gasteiger charge is 2.16. The fourth-order valence-electron chi connectivity index (χ4n) is 2.67. The molecule has 0 aliphatic carbocycles. The van der Waals surface area contributed by atoms with Gasteiger partial charge < -0.3 is 19.3 Å². The van der Waals surface area contributed by atoms with E-state index in [1.807, 2.05) is 37.3 Å². The normalized spacial score (nSPS) is 10.4. The number of carbonyl (C=O) groups is 2. The van der Waals surface area contributed by atoms with Gasteiger partial charge in [-0.05, 0) is 31.5 Å². The van der Waals surface area contributed by atoms with Gasteiger partial charge >= 0.3 is 5.97 Å². The molecule has 0 saturated heterocycles. The van der Waals surface area contributed by atoms with Gasteiger partial charge in [-0.2, -0.15) is 0 Å². The van der Waals surface area contributed by atoms with Crippen molar-refractivity contribution in [2.75, 3.05) is 6.54 Å². The first-order valence-electron chi connectivity index (χ1n) is 9.16. The summed E-state index contributed by atoms with van der Waals surface area (Å²) in [6.07, 6.45) is 0. The summed E-state index contributed by atoms with van der Waals surface area (Å²) < 4.78 is 16.1. The van der Waals surface area contributed by atoms with Gasteiger partial charge in [0.15, 0.2) is 0 Å². The number of amides is 1. The van der Waals surface area contributed by atoms with Crippen LogP contribution >= 0.6 is 0 Å². The molecule has 0 atom stereocenters. The second-order valence-corrected chi connectivity index (χ2v) is 6.42. The van der Waals surface area contributed by atoms with Gasteiger partial charge in [-0.15, -0.1) is 0 Å². The van der Waals surface area contributed by atoms with Crippen LogP contribution in [0.2, 0.25) is 0 Å². The molecule has 3 aromatic rings. The van der Waals surface area contributed by atoms with E-state index < -0.39 is 11.9 Å². The zero-order chi connectivity index (χ0) is 20.6. The first-order valence-corrected chi connectivity index (χ1v) is 9.16. The van der Waals surface area contributed by atoms with E-state index in [0.29, 0.717) is 17.1 Å². The van der Waals surface area contributed by atoms with Gasteiger partial charge in [-0.1, -0.05) is 47.6 Å². The zero-order valence-corrected chi connectivity index (χ0v) is 16.3. The molecule has 0 saturated carbocycles. The molecule has 1 amide bonds. The van der Waals surface area contributed by atoms with Crippen molar-refractivity contribution in [3.63, 3.8) is 0 Å². The van der Waals surface area contributed by atoms with Crippen molar-refractivity contribution in [2.24, 2.45) is 0 Å². The molecule has 1 aromatic heterocycles. The Kier molecular flexibility index (Phi) is 6.63. The molecule has 7 heteroatoms. The average molecular weight is 394 g/mol. The second-order valence-electron chi connectivity index (χ2n) is 6.42. The first-order chi connectivity index (χ1) is 14.0. The number of carbonyl (C=O) groups excluding carboxylic acids is 2. The summed E-state index contributed by atoms with van der Waals surface area (Å²) in [5, 5.41) is 6.46. The van der Waals surface area contributed by atoms with Gasteiger partial charge in [0.05, 0.1) is 16.8 Å². The van der Waals surface area contributed by atoms with E-state index in [1.165, 1.54) is 0 Å². The molecule has 1 heterocycles. The average Bonchev–Trinajstić information content (AvgIpc) is 3.07. The number of ether oxygens (including phenoxy) is 2. The highest BCUT2D eigenvalue weighted by Crippen LogP contribution is 2.21. The molecular weight excluding hydrogens is 372 g/mol. The monoisotopic (exact) mass is 394 g/mol. The summed E-state index contributed by atoms with van der Waals surface area (Å²) in [6, 6.07) is 16.2. The lowest BCUT2D eigenvalue weighted by Gasteiger charge is -2.11. The van der Waals surface area contributed by atoms with Gasteiger partial charge in [0.1, 0.15) is 31.3 Å². The molecule has 0 bridgehead atoms. The molecular formula is C22H22N2O5. The molecule has 7 nitrogen and oxygen atoms in total. The number of hydrogen-bond donors (Lipinski definition) is 1. The van der Waals surface area contributed by atoms with Gasteiger partial charge in [-0.25, -0.2) is 0 Å². The van der Waals surface area contributed by atoms with Gasteiger partial charge in [0.25, 0.3) is 5.91 Å². The number of nitrogens with zero attached hydrogens (tertiary/aromatic N) is 1. The van der Waals surface area contributed by atoms with E-state index in [9.17, 15) is 9.59 Å². The lowest BCUT2D eigenvalue weighted by molar-refractivity contribution is -0.143. The molecule has 0 fully saturated rings. The van der Waals surface area contributed by atoms with Gasteiger partial charge in [-0.3, -0.25) is 9.59 Å². The molecule has 1 N–H and O–H groups in total. The number of para-hydroxylation sites is 1. The molecule has 150 valence electrons. The topological polar surface area (TPSA) is 90.7 Å². The smallest absolute Gasteiger partial charge is 0.325 e. The van der Waals surface area contributed by atoms with E-state index in [1.54, 1.807) is 31.2 Å². The number of nitrogens with one attached hydrogen (secondary N) is 1. The predicted molar refractivity (Wildman–Crippen MR) is 105 cm³/mol. The quantitative estimate of drug-likeness (QED) is 0.589. The van der Waals surface area contributed by atoms with Crippen LogP contribution in [0.15, 0.2) is 59.1 Å². The Hall–Kier alpha value is -3.61. The summed E-state index contributed by atoms with van der Waals surface area (Å²) in [4.78, 5) is 24.4. The minimum absolute atomic E-state index is 0.159. The van der Waals surface area contributed by atoms with Crippen molar-refractivity contribution >= 4 is 11.9 Å². The maximum absolute atomic E-state index is 12.5. The third-order valence-corrected chi connectivity index (χ3v) is 4.32. The van der Waals surface area contributed by atoms with Crippen LogP contribution in [-0.4, -0.2) is 23.6 Å². The molecule has 2 aromatic carbocycles. The number of rotatable bonds is 8. The van der Waals surface area contributed by atoms with Crippen molar-refractivity contribution in [3.8, 4) is 5.75 Å². The number of hydrogen-bond acceptors (Lipinski definition) is 6. The second kappa shape index (κ2) is 9.54. The Morgan fingerprint density at radius 1 is 1.00 bits per heavy atom. The Bertz CT molecular complexity index is 962. The zero-order valence-electron chi connectivity index (χ0n) is 16.3. The Labute approximate surface area is 168 Å². The summed E-state index contributed by atoms with van der Waals surface area (Å²) in [5.74, 6) is 0.139. The van der Waals surface area contributed by atoms with E-state index in [2.05, 4.69) is 10.5 Å². The molecule has 0 aliphatic rings. The van der Waals surface area contributed by atoms with Crippen molar-refractivity contribution in [3.05, 3.63) is 82.7 Å². The maximum Gasteiger partial charge on any atom is 0.325 e. The Balaban J connectivity index is 1.54. The third-order valence-electron chi connectivity index (χ3n) is 4.32. The standard InChI is InChI=1S/C22H22N2O5/c1-15-19(16(2)29-24-15)14-27-20-11-7-6-10-18(20)22(26)23-12-21(25)28-13-17-8-4-3-5-9-17/h3-11H,12-14H2,1-2H3,(H,23,26). The highest BCUT2D eigenvalue weighted by atomic mass is 16.5. The van der Waals surface area contributed by atoms with E-state index >= 15 is 0 Å². The largest absolute Gasteiger partial charge is 0.488 e. The minimum Gasteiger partial charge on any atom is -0.488 e. The number of aromatic nitrogens is 1. The molecule has 0 unspecified atom stereocenters. The summed E-state index contributed by atoms with van der Waals surface area (Å²) in [7, 11) is 0. The van der Waals surface area contributed by atoms with Crippen molar-refractivity contribution < 1.29 is 23.6 Å². The van der Waals surface area contributed by atoms with Crippen molar-refractivity contribution in [1.29, 1.82) is 0 Å². The lowest BCUT2D eigenvalue weighted by Crippen LogP contribution is -2.30. The predicted octanol–water partition coefficient (Wildman–Crippen LogP) is 3.34. The van der Waals surface area contributed by atoms with Crippen LogP contribution in [0.25, 0.3) is 0 Å². The molecule has 29 heavy (non-hydrogen) atoms. The van der Waals surface area contributed by atoms with E-state index in [-0.39, 0.29) is 19.8 Å². The molecule has 0 spiro atoms. The van der Waals surface area contributed by atoms with Crippen LogP contribution < -0.4 is 10.1 Å². The number of aryl methyl sites for hydroxylation is 2. The first kappa shape index (κ1) is 20.1. The minimum atomic E-state index is -0.517. The van der Waals surface area contributed by atoms with Crippen LogP contribution in [0.1, 0.15) is 32.9 Å².